The van der Waals surface area contributed by atoms with Gasteiger partial charge in [0.25, 0.3) is 0 Å². The average Bonchev–Trinajstić information content (AvgIpc) is 2.80. The molecule has 0 spiro atoms. The number of aryl methyl sites for hydroxylation is 2. The summed E-state index contributed by atoms with van der Waals surface area (Å²) < 4.78 is 0. The predicted molar refractivity (Wildman–Crippen MR) is 128 cm³/mol. The lowest BCUT2D eigenvalue weighted by atomic mass is 10.1. The van der Waals surface area contributed by atoms with Crippen molar-refractivity contribution in [2.45, 2.75) is 27.3 Å². The third kappa shape index (κ3) is 5.14. The minimum atomic E-state index is 0.608. The zero-order chi connectivity index (χ0) is 21.8. The van der Waals surface area contributed by atoms with Crippen LogP contribution in [0.25, 0.3) is 11.4 Å². The van der Waals surface area contributed by atoms with Gasteiger partial charge in [-0.15, -0.1) is 0 Å². The van der Waals surface area contributed by atoms with Crippen LogP contribution in [0.5, 0.6) is 0 Å². The summed E-state index contributed by atoms with van der Waals surface area (Å²) >= 11 is 6.37. The van der Waals surface area contributed by atoms with Crippen LogP contribution in [0.2, 0.25) is 5.02 Å². The van der Waals surface area contributed by atoms with Crippen molar-refractivity contribution in [3.05, 3.63) is 64.4 Å². The number of anilines is 2. The van der Waals surface area contributed by atoms with Gasteiger partial charge in [-0.2, -0.15) is 0 Å². The molecule has 0 saturated carbocycles. The molecule has 0 radical (unpaired) electrons. The smallest absolute Gasteiger partial charge is 0.163 e. The molecule has 1 aliphatic heterocycles. The molecule has 0 amide bonds. The van der Waals surface area contributed by atoms with Gasteiger partial charge in [0.15, 0.2) is 5.82 Å². The van der Waals surface area contributed by atoms with E-state index in [-0.39, 0.29) is 0 Å². The van der Waals surface area contributed by atoms with Crippen LogP contribution in [-0.2, 0) is 6.54 Å². The number of nitrogens with one attached hydrogen (secondary N) is 1. The number of benzene rings is 1. The highest BCUT2D eigenvalue weighted by Gasteiger charge is 2.17. The van der Waals surface area contributed by atoms with Crippen molar-refractivity contribution < 1.29 is 0 Å². The molecule has 1 aromatic carbocycles. The number of likely N-dealkylation sites (N-methyl/N-ethyl adjacent to an activating group) is 1. The Hall–Kier alpha value is -2.70. The molecule has 7 heteroatoms. The van der Waals surface area contributed by atoms with E-state index in [0.717, 1.165) is 71.6 Å². The minimum absolute atomic E-state index is 0.608. The second-order valence-corrected chi connectivity index (χ2v) is 8.41. The number of hydrogen-bond donors (Lipinski definition) is 1. The van der Waals surface area contributed by atoms with Gasteiger partial charge >= 0.3 is 0 Å². The Morgan fingerprint density at radius 1 is 1.00 bits per heavy atom. The fourth-order valence-corrected chi connectivity index (χ4v) is 4.04. The topological polar surface area (TPSA) is 57.2 Å². The monoisotopic (exact) mass is 436 g/mol. The van der Waals surface area contributed by atoms with Gasteiger partial charge in [-0.3, -0.25) is 0 Å². The van der Waals surface area contributed by atoms with Gasteiger partial charge in [0.05, 0.1) is 0 Å². The third-order valence-corrected chi connectivity index (χ3v) is 6.13. The number of rotatable bonds is 6. The van der Waals surface area contributed by atoms with Crippen LogP contribution in [0.4, 0.5) is 11.6 Å². The zero-order valence-electron chi connectivity index (χ0n) is 18.4. The van der Waals surface area contributed by atoms with E-state index >= 15 is 0 Å². The van der Waals surface area contributed by atoms with Crippen molar-refractivity contribution in [3.63, 3.8) is 0 Å². The predicted octanol–water partition coefficient (Wildman–Crippen LogP) is 4.56. The Morgan fingerprint density at radius 2 is 1.81 bits per heavy atom. The highest BCUT2D eigenvalue weighted by Crippen LogP contribution is 2.23. The van der Waals surface area contributed by atoms with Crippen LogP contribution in [0.15, 0.2) is 42.7 Å². The van der Waals surface area contributed by atoms with Crippen molar-refractivity contribution in [3.8, 4) is 11.4 Å². The second-order valence-electron chi connectivity index (χ2n) is 8.00. The molecule has 4 rings (SSSR count). The number of halogens is 1. The Labute approximate surface area is 189 Å². The minimum Gasteiger partial charge on any atom is -0.366 e. The zero-order valence-corrected chi connectivity index (χ0v) is 19.2. The van der Waals surface area contributed by atoms with Gasteiger partial charge in [0, 0.05) is 61.3 Å². The normalized spacial score (nSPS) is 14.6. The van der Waals surface area contributed by atoms with Crippen LogP contribution in [0.3, 0.4) is 0 Å². The number of aromatic nitrogens is 3. The van der Waals surface area contributed by atoms with Crippen molar-refractivity contribution >= 4 is 23.2 Å². The first-order valence-electron chi connectivity index (χ1n) is 10.8. The molecule has 0 aliphatic carbocycles. The first-order valence-corrected chi connectivity index (χ1v) is 11.2. The summed E-state index contributed by atoms with van der Waals surface area (Å²) in [5.74, 6) is 2.48. The summed E-state index contributed by atoms with van der Waals surface area (Å²) in [7, 11) is 0. The van der Waals surface area contributed by atoms with Crippen molar-refractivity contribution in [1.29, 1.82) is 0 Å². The first-order chi connectivity index (χ1) is 15.0. The molecule has 3 heterocycles. The molecule has 31 heavy (non-hydrogen) atoms. The Kier molecular flexibility index (Phi) is 6.68. The van der Waals surface area contributed by atoms with Crippen molar-refractivity contribution in [2.24, 2.45) is 0 Å². The van der Waals surface area contributed by atoms with Crippen LogP contribution < -0.4 is 10.2 Å². The molecule has 0 unspecified atom stereocenters. The SMILES string of the molecule is CCN1CCN(c2ccc(-c3ncc(C)c(NCc4ccc(C)cc4Cl)n3)cn2)CC1. The Bertz CT molecular complexity index is 1030. The van der Waals surface area contributed by atoms with Gasteiger partial charge < -0.3 is 15.1 Å². The van der Waals surface area contributed by atoms with E-state index in [1.807, 2.05) is 38.4 Å². The molecular formula is C24H29ClN6. The highest BCUT2D eigenvalue weighted by atomic mass is 35.5. The molecule has 3 aromatic rings. The Balaban J connectivity index is 1.46. The summed E-state index contributed by atoms with van der Waals surface area (Å²) in [6.07, 6.45) is 3.71. The van der Waals surface area contributed by atoms with E-state index in [2.05, 4.69) is 50.2 Å². The summed E-state index contributed by atoms with van der Waals surface area (Å²) in [4.78, 5) is 18.7. The van der Waals surface area contributed by atoms with E-state index in [1.165, 1.54) is 0 Å². The molecule has 2 aromatic heterocycles. The summed E-state index contributed by atoms with van der Waals surface area (Å²) in [5.41, 5.74) is 4.09. The summed E-state index contributed by atoms with van der Waals surface area (Å²) in [5, 5.41) is 4.17. The molecular weight excluding hydrogens is 408 g/mol. The van der Waals surface area contributed by atoms with Gasteiger partial charge in [-0.1, -0.05) is 30.7 Å². The van der Waals surface area contributed by atoms with Crippen molar-refractivity contribution in [1.82, 2.24) is 19.9 Å². The Morgan fingerprint density at radius 3 is 2.48 bits per heavy atom. The van der Waals surface area contributed by atoms with E-state index in [0.29, 0.717) is 12.4 Å². The molecule has 6 nitrogen and oxygen atoms in total. The lowest BCUT2D eigenvalue weighted by molar-refractivity contribution is 0.270. The largest absolute Gasteiger partial charge is 0.366 e. The van der Waals surface area contributed by atoms with Crippen LogP contribution >= 0.6 is 11.6 Å². The maximum atomic E-state index is 6.37. The van der Waals surface area contributed by atoms with Crippen LogP contribution in [-0.4, -0.2) is 52.6 Å². The molecule has 0 bridgehead atoms. The molecule has 1 aliphatic rings. The van der Waals surface area contributed by atoms with E-state index in [4.69, 9.17) is 16.6 Å². The standard InChI is InChI=1S/C24H29ClN6/c1-4-30-9-11-31(12-10-30)22-8-7-20(16-26-22)24-27-14-18(3)23(29-24)28-15-19-6-5-17(2)13-21(19)25/h5-8,13-14,16H,4,9-12,15H2,1-3H3,(H,27,28,29). The molecule has 1 saturated heterocycles. The second kappa shape index (κ2) is 9.62. The highest BCUT2D eigenvalue weighted by molar-refractivity contribution is 6.31. The van der Waals surface area contributed by atoms with Crippen molar-refractivity contribution in [2.75, 3.05) is 42.9 Å². The lowest BCUT2D eigenvalue weighted by Crippen LogP contribution is -2.46. The van der Waals surface area contributed by atoms with E-state index < -0.39 is 0 Å². The van der Waals surface area contributed by atoms with Gasteiger partial charge in [0.2, 0.25) is 0 Å². The fourth-order valence-electron chi connectivity index (χ4n) is 3.73. The molecule has 1 fully saturated rings. The molecule has 0 atom stereocenters. The van der Waals surface area contributed by atoms with Crippen LogP contribution in [0.1, 0.15) is 23.6 Å². The number of nitrogens with zero attached hydrogens (tertiary/aromatic N) is 5. The fraction of sp³-hybridized carbons (Fsp3) is 0.375. The lowest BCUT2D eigenvalue weighted by Gasteiger charge is -2.34. The maximum Gasteiger partial charge on any atom is 0.163 e. The third-order valence-electron chi connectivity index (χ3n) is 5.78. The maximum absolute atomic E-state index is 6.37. The molecule has 162 valence electrons. The van der Waals surface area contributed by atoms with E-state index in [1.54, 1.807) is 0 Å². The van der Waals surface area contributed by atoms with E-state index in [9.17, 15) is 0 Å². The number of hydrogen-bond acceptors (Lipinski definition) is 6. The van der Waals surface area contributed by atoms with Gasteiger partial charge in [0.1, 0.15) is 11.6 Å². The summed E-state index contributed by atoms with van der Waals surface area (Å²) in [6.45, 7) is 12.2. The average molecular weight is 437 g/mol. The summed E-state index contributed by atoms with van der Waals surface area (Å²) in [6, 6.07) is 10.2. The number of piperazine rings is 1. The quantitative estimate of drug-likeness (QED) is 0.611. The first kappa shape index (κ1) is 21.5. The number of pyridine rings is 1. The molecule has 1 N–H and O–H groups in total. The van der Waals surface area contributed by atoms with Crippen LogP contribution in [0, 0.1) is 13.8 Å². The van der Waals surface area contributed by atoms with Gasteiger partial charge in [-0.05, 0) is 49.7 Å². The van der Waals surface area contributed by atoms with Gasteiger partial charge in [-0.25, -0.2) is 15.0 Å².